The van der Waals surface area contributed by atoms with E-state index in [1.165, 1.54) is 0 Å². The second-order valence-corrected chi connectivity index (χ2v) is 16.3. The zero-order valence-corrected chi connectivity index (χ0v) is 34.7. The van der Waals surface area contributed by atoms with Crippen LogP contribution in [0, 0.1) is 11.3 Å². The molecule has 9 aromatic carbocycles. The molecule has 0 aliphatic heterocycles. The molecule has 0 saturated carbocycles. The van der Waals surface area contributed by atoms with Crippen LogP contribution in [0.3, 0.4) is 0 Å². The molecule has 0 spiro atoms. The van der Waals surface area contributed by atoms with E-state index in [9.17, 15) is 5.26 Å². The topological polar surface area (TPSA) is 85.5 Å². The average molecular weight is 831 g/mol. The predicted molar refractivity (Wildman–Crippen MR) is 262 cm³/mol. The molecule has 0 atom stereocenters. The number of hydrogen-bond donors (Lipinski definition) is 0. The summed E-state index contributed by atoms with van der Waals surface area (Å²) in [7, 11) is 0. The summed E-state index contributed by atoms with van der Waals surface area (Å²) in [5, 5.41) is 17.5. The van der Waals surface area contributed by atoms with Gasteiger partial charge in [-0.05, 0) is 77.9 Å². The standard InChI is InChI=1S/C58H34N6O/c59-35-41-34-40(58-61-56(37-17-6-2-7-18-37)60-57(62-58)39-20-14-19-38(33-39)36-15-4-1-5-16-36)27-30-47(41)64-48-25-12-10-23-43(48)44-28-29-46-53-51(65-55(46)54(44)64)32-31-50-52(53)45-24-11-13-26-49(45)63(50)42-21-8-3-9-22-42/h1-34H. The lowest BCUT2D eigenvalue weighted by atomic mass is 10.0. The third-order valence-electron chi connectivity index (χ3n) is 12.6. The summed E-state index contributed by atoms with van der Waals surface area (Å²) in [5.74, 6) is 1.57. The Labute approximate surface area is 372 Å². The number of furan rings is 1. The zero-order chi connectivity index (χ0) is 43.0. The Morgan fingerprint density at radius 1 is 0.400 bits per heavy atom. The van der Waals surface area contributed by atoms with Gasteiger partial charge in [0.05, 0.1) is 33.3 Å². The summed E-state index contributed by atoms with van der Waals surface area (Å²) in [6.45, 7) is 0. The Balaban J connectivity index is 1.02. The maximum Gasteiger partial charge on any atom is 0.164 e. The number of rotatable bonds is 6. The maximum atomic E-state index is 11.0. The molecule has 302 valence electrons. The van der Waals surface area contributed by atoms with Gasteiger partial charge in [-0.3, -0.25) is 0 Å². The van der Waals surface area contributed by atoms with Crippen molar-refractivity contribution in [3.63, 3.8) is 0 Å². The Morgan fingerprint density at radius 2 is 0.985 bits per heavy atom. The lowest BCUT2D eigenvalue weighted by molar-refractivity contribution is 0.671. The van der Waals surface area contributed by atoms with Gasteiger partial charge in [-0.1, -0.05) is 140 Å². The molecule has 0 fully saturated rings. The summed E-state index contributed by atoms with van der Waals surface area (Å²) < 4.78 is 11.5. The van der Waals surface area contributed by atoms with E-state index in [-0.39, 0.29) is 0 Å². The number of nitrogens with zero attached hydrogens (tertiary/aromatic N) is 6. The van der Waals surface area contributed by atoms with Crippen LogP contribution in [-0.4, -0.2) is 24.1 Å². The van der Waals surface area contributed by atoms with Crippen molar-refractivity contribution in [1.82, 2.24) is 24.1 Å². The van der Waals surface area contributed by atoms with Gasteiger partial charge in [-0.15, -0.1) is 0 Å². The number of aromatic nitrogens is 5. The van der Waals surface area contributed by atoms with Crippen LogP contribution in [0.4, 0.5) is 0 Å². The fraction of sp³-hybridized carbons (Fsp3) is 0. The Morgan fingerprint density at radius 3 is 1.72 bits per heavy atom. The first-order valence-electron chi connectivity index (χ1n) is 21.6. The number of fused-ring (bicyclic) bond motifs is 11. The molecule has 7 nitrogen and oxygen atoms in total. The summed E-state index contributed by atoms with van der Waals surface area (Å²) in [6.07, 6.45) is 0. The van der Waals surface area contributed by atoms with Crippen molar-refractivity contribution in [3.8, 4) is 62.7 Å². The van der Waals surface area contributed by atoms with Crippen molar-refractivity contribution in [2.24, 2.45) is 0 Å². The molecule has 0 aliphatic rings. The van der Waals surface area contributed by atoms with E-state index in [1.54, 1.807) is 0 Å². The second kappa shape index (κ2) is 14.5. The molecule has 4 aromatic heterocycles. The number of hydrogen-bond acceptors (Lipinski definition) is 5. The average Bonchev–Trinajstić information content (AvgIpc) is 4.04. The molecular formula is C58H34N6O. The fourth-order valence-electron chi connectivity index (χ4n) is 9.72. The minimum Gasteiger partial charge on any atom is -0.454 e. The van der Waals surface area contributed by atoms with Crippen LogP contribution in [0.5, 0.6) is 0 Å². The minimum atomic E-state index is 0.473. The van der Waals surface area contributed by atoms with Gasteiger partial charge >= 0.3 is 0 Å². The van der Waals surface area contributed by atoms with Crippen LogP contribution < -0.4 is 0 Å². The first-order chi connectivity index (χ1) is 32.2. The molecule has 0 unspecified atom stereocenters. The molecule has 0 bridgehead atoms. The molecule has 0 amide bonds. The summed E-state index contributed by atoms with van der Waals surface area (Å²) in [4.78, 5) is 15.1. The third-order valence-corrected chi connectivity index (χ3v) is 12.6. The smallest absolute Gasteiger partial charge is 0.164 e. The number of nitriles is 1. The van der Waals surface area contributed by atoms with E-state index in [0.29, 0.717) is 28.6 Å². The highest BCUT2D eigenvalue weighted by Crippen LogP contribution is 2.45. The van der Waals surface area contributed by atoms with E-state index in [0.717, 1.165) is 99.2 Å². The summed E-state index contributed by atoms with van der Waals surface area (Å²) in [6, 6.07) is 73.0. The molecule has 0 aliphatic carbocycles. The Bertz CT molecular complexity index is 4070. The molecule has 65 heavy (non-hydrogen) atoms. The van der Waals surface area contributed by atoms with Gasteiger partial charge in [0.2, 0.25) is 0 Å². The van der Waals surface area contributed by atoms with E-state index >= 15 is 0 Å². The fourth-order valence-corrected chi connectivity index (χ4v) is 9.72. The van der Waals surface area contributed by atoms with Crippen molar-refractivity contribution >= 4 is 65.6 Å². The summed E-state index contributed by atoms with van der Waals surface area (Å²) in [5.41, 5.74) is 12.6. The maximum absolute atomic E-state index is 11.0. The van der Waals surface area contributed by atoms with Crippen LogP contribution in [0.25, 0.3) is 122 Å². The molecule has 7 heteroatoms. The molecule has 0 saturated heterocycles. The van der Waals surface area contributed by atoms with E-state index in [4.69, 9.17) is 19.4 Å². The zero-order valence-electron chi connectivity index (χ0n) is 34.7. The van der Waals surface area contributed by atoms with Crippen LogP contribution >= 0.6 is 0 Å². The van der Waals surface area contributed by atoms with E-state index in [1.807, 2.05) is 91.0 Å². The van der Waals surface area contributed by atoms with Crippen molar-refractivity contribution in [2.75, 3.05) is 0 Å². The highest BCUT2D eigenvalue weighted by molar-refractivity contribution is 6.30. The van der Waals surface area contributed by atoms with Crippen LogP contribution in [-0.2, 0) is 0 Å². The number of benzene rings is 9. The predicted octanol–water partition coefficient (Wildman–Crippen LogP) is 14.5. The molecule has 13 aromatic rings. The van der Waals surface area contributed by atoms with Gasteiger partial charge in [0, 0.05) is 54.7 Å². The third kappa shape index (κ3) is 5.71. The van der Waals surface area contributed by atoms with Gasteiger partial charge in [0.1, 0.15) is 11.7 Å². The lowest BCUT2D eigenvalue weighted by Crippen LogP contribution is -2.02. The Kier molecular flexibility index (Phi) is 8.14. The highest BCUT2D eigenvalue weighted by atomic mass is 16.3. The highest BCUT2D eigenvalue weighted by Gasteiger charge is 2.24. The van der Waals surface area contributed by atoms with Crippen LogP contribution in [0.2, 0.25) is 0 Å². The molecule has 0 radical (unpaired) electrons. The van der Waals surface area contributed by atoms with Gasteiger partial charge in [-0.25, -0.2) is 15.0 Å². The van der Waals surface area contributed by atoms with Gasteiger partial charge in [-0.2, -0.15) is 5.26 Å². The lowest BCUT2D eigenvalue weighted by Gasteiger charge is -2.13. The quantitative estimate of drug-likeness (QED) is 0.167. The van der Waals surface area contributed by atoms with Crippen LogP contribution in [0.15, 0.2) is 211 Å². The molecule has 4 heterocycles. The van der Waals surface area contributed by atoms with Crippen molar-refractivity contribution < 1.29 is 4.42 Å². The van der Waals surface area contributed by atoms with E-state index in [2.05, 4.69) is 130 Å². The van der Waals surface area contributed by atoms with Crippen LogP contribution in [0.1, 0.15) is 5.56 Å². The van der Waals surface area contributed by atoms with Gasteiger partial charge in [0.15, 0.2) is 23.1 Å². The molecule has 0 N–H and O–H groups in total. The molecule has 13 rings (SSSR count). The summed E-state index contributed by atoms with van der Waals surface area (Å²) >= 11 is 0. The van der Waals surface area contributed by atoms with Crippen molar-refractivity contribution in [1.29, 1.82) is 5.26 Å². The largest absolute Gasteiger partial charge is 0.454 e. The normalized spacial score (nSPS) is 11.7. The molecular weight excluding hydrogens is 797 g/mol. The minimum absolute atomic E-state index is 0.473. The number of para-hydroxylation sites is 3. The first-order valence-corrected chi connectivity index (χ1v) is 21.6. The van der Waals surface area contributed by atoms with Crippen molar-refractivity contribution in [2.45, 2.75) is 0 Å². The Hall–Kier alpha value is -9.12. The SMILES string of the molecule is N#Cc1cc(-c2nc(-c3ccccc3)nc(-c3cccc(-c4ccccc4)c3)n2)ccc1-n1c2ccccc2c2ccc3c(oc4ccc5c(c6ccccc6n5-c5ccccc5)c43)c21. The van der Waals surface area contributed by atoms with E-state index < -0.39 is 0 Å². The van der Waals surface area contributed by atoms with Gasteiger partial charge < -0.3 is 13.6 Å². The van der Waals surface area contributed by atoms with Gasteiger partial charge in [0.25, 0.3) is 0 Å². The van der Waals surface area contributed by atoms with Crippen molar-refractivity contribution in [3.05, 3.63) is 212 Å². The first kappa shape index (κ1) is 36.5. The second-order valence-electron chi connectivity index (χ2n) is 16.3. The monoisotopic (exact) mass is 830 g/mol.